The van der Waals surface area contributed by atoms with Gasteiger partial charge in [-0.15, -0.1) is 11.3 Å². The van der Waals surface area contributed by atoms with Crippen molar-refractivity contribution in [2.24, 2.45) is 0 Å². The lowest BCUT2D eigenvalue weighted by Crippen LogP contribution is -2.01. The van der Waals surface area contributed by atoms with Gasteiger partial charge in [0.25, 0.3) is 0 Å². The maximum Gasteiger partial charge on any atom is 0.336 e. The first kappa shape index (κ1) is 13.6. The average Bonchev–Trinajstić information content (AvgIpc) is 2.76. The van der Waals surface area contributed by atoms with E-state index in [4.69, 9.17) is 0 Å². The molecule has 0 aliphatic heterocycles. The molecule has 0 spiro atoms. The Morgan fingerprint density at radius 3 is 2.62 bits per heavy atom. The molecule has 0 saturated carbocycles. The largest absolute Gasteiger partial charge is 0.478 e. The van der Waals surface area contributed by atoms with E-state index >= 15 is 0 Å². The first-order chi connectivity index (χ1) is 9.95. The molecule has 3 rings (SSSR count). The fraction of sp³-hybridized carbons (Fsp3) is 0.133. The van der Waals surface area contributed by atoms with Crippen LogP contribution in [0.3, 0.4) is 0 Å². The van der Waals surface area contributed by atoms with Gasteiger partial charge in [-0.2, -0.15) is 0 Å². The number of thiazole rings is 1. The topological polar surface area (TPSA) is 63.1 Å². The number of aryl methyl sites for hydroxylation is 2. The lowest BCUT2D eigenvalue weighted by atomic mass is 10.1. The van der Waals surface area contributed by atoms with Crippen LogP contribution in [-0.4, -0.2) is 21.0 Å². The van der Waals surface area contributed by atoms with E-state index < -0.39 is 11.8 Å². The van der Waals surface area contributed by atoms with Gasteiger partial charge in [0.2, 0.25) is 0 Å². The van der Waals surface area contributed by atoms with E-state index in [1.54, 1.807) is 0 Å². The van der Waals surface area contributed by atoms with Gasteiger partial charge in [0.1, 0.15) is 11.5 Å². The Morgan fingerprint density at radius 1 is 1.24 bits per heavy atom. The van der Waals surface area contributed by atoms with Crippen LogP contribution in [-0.2, 0) is 0 Å². The molecule has 0 aliphatic rings. The Labute approximate surface area is 123 Å². The molecule has 0 radical (unpaired) electrons. The highest BCUT2D eigenvalue weighted by molar-refractivity contribution is 7.11. The highest BCUT2D eigenvalue weighted by Crippen LogP contribution is 2.29. The van der Waals surface area contributed by atoms with Crippen LogP contribution in [0.15, 0.2) is 24.3 Å². The molecule has 2 heterocycles. The lowest BCUT2D eigenvalue weighted by Gasteiger charge is -2.06. The van der Waals surface area contributed by atoms with Crippen LogP contribution < -0.4 is 0 Å². The van der Waals surface area contributed by atoms with Gasteiger partial charge in [-0.3, -0.25) is 0 Å². The van der Waals surface area contributed by atoms with Crippen LogP contribution in [0, 0.1) is 19.7 Å². The van der Waals surface area contributed by atoms with Crippen LogP contribution in [0.1, 0.15) is 20.2 Å². The molecule has 0 fully saturated rings. The maximum atomic E-state index is 13.3. The number of carbonyl (C=O) groups is 1. The minimum atomic E-state index is -1.11. The Hall–Kier alpha value is -2.34. The molecule has 0 unspecified atom stereocenters. The van der Waals surface area contributed by atoms with Crippen molar-refractivity contribution >= 4 is 28.2 Å². The monoisotopic (exact) mass is 302 g/mol. The molecule has 3 aromatic rings. The maximum absolute atomic E-state index is 13.3. The number of carboxylic acids is 1. The standard InChI is InChI=1S/C15H11FN2O2S/c1-7-14(17-8(2)21-7)13-6-11(15(19)20)10-5-9(16)3-4-12(10)18-13/h3-6H,1-2H3,(H,19,20). The number of carboxylic acid groups (broad SMARTS) is 1. The minimum absolute atomic E-state index is 0.0274. The van der Waals surface area contributed by atoms with Gasteiger partial charge >= 0.3 is 5.97 Å². The third-order valence-corrected chi connectivity index (χ3v) is 4.03. The van der Waals surface area contributed by atoms with E-state index in [1.807, 2.05) is 13.8 Å². The van der Waals surface area contributed by atoms with Gasteiger partial charge in [0.15, 0.2) is 0 Å². The number of hydrogen-bond acceptors (Lipinski definition) is 4. The third-order valence-electron chi connectivity index (χ3n) is 3.15. The van der Waals surface area contributed by atoms with E-state index in [0.717, 1.165) is 9.88 Å². The van der Waals surface area contributed by atoms with Crippen molar-refractivity contribution in [2.75, 3.05) is 0 Å². The summed E-state index contributed by atoms with van der Waals surface area (Å²) in [7, 11) is 0. The highest BCUT2D eigenvalue weighted by atomic mass is 32.1. The van der Waals surface area contributed by atoms with Crippen molar-refractivity contribution < 1.29 is 14.3 Å². The van der Waals surface area contributed by atoms with E-state index in [-0.39, 0.29) is 10.9 Å². The molecule has 106 valence electrons. The van der Waals surface area contributed by atoms with E-state index in [1.165, 1.54) is 35.6 Å². The van der Waals surface area contributed by atoms with Gasteiger partial charge in [0, 0.05) is 10.3 Å². The van der Waals surface area contributed by atoms with E-state index in [9.17, 15) is 14.3 Å². The molecular formula is C15H11FN2O2S. The number of halogens is 1. The Balaban J connectivity index is 2.33. The summed E-state index contributed by atoms with van der Waals surface area (Å²) >= 11 is 1.53. The van der Waals surface area contributed by atoms with Crippen molar-refractivity contribution in [3.05, 3.63) is 45.5 Å². The summed E-state index contributed by atoms with van der Waals surface area (Å²) < 4.78 is 13.3. The number of benzene rings is 1. The second-order valence-corrected chi connectivity index (χ2v) is 6.07. The highest BCUT2D eigenvalue weighted by Gasteiger charge is 2.16. The number of aromatic nitrogens is 2. The van der Waals surface area contributed by atoms with Gasteiger partial charge < -0.3 is 5.11 Å². The molecule has 0 atom stereocenters. The molecule has 1 aromatic carbocycles. The Bertz CT molecular complexity index is 873. The number of rotatable bonds is 2. The number of fused-ring (bicyclic) bond motifs is 1. The summed E-state index contributed by atoms with van der Waals surface area (Å²) in [5, 5.41) is 10.5. The first-order valence-corrected chi connectivity index (χ1v) is 7.05. The van der Waals surface area contributed by atoms with Gasteiger partial charge in [0.05, 0.1) is 21.8 Å². The van der Waals surface area contributed by atoms with Crippen LogP contribution >= 0.6 is 11.3 Å². The zero-order valence-electron chi connectivity index (χ0n) is 11.3. The molecule has 0 aliphatic carbocycles. The molecule has 0 amide bonds. The Kier molecular flexibility index (Phi) is 3.17. The van der Waals surface area contributed by atoms with E-state index in [2.05, 4.69) is 9.97 Å². The minimum Gasteiger partial charge on any atom is -0.478 e. The van der Waals surface area contributed by atoms with Crippen molar-refractivity contribution in [2.45, 2.75) is 13.8 Å². The molecule has 2 aromatic heterocycles. The predicted molar refractivity (Wildman–Crippen MR) is 79.2 cm³/mol. The number of aromatic carboxylic acids is 1. The lowest BCUT2D eigenvalue weighted by molar-refractivity contribution is 0.0699. The quantitative estimate of drug-likeness (QED) is 0.782. The summed E-state index contributed by atoms with van der Waals surface area (Å²) in [6.07, 6.45) is 0. The van der Waals surface area contributed by atoms with Gasteiger partial charge in [-0.05, 0) is 38.1 Å². The summed E-state index contributed by atoms with van der Waals surface area (Å²) in [4.78, 5) is 21.2. The van der Waals surface area contributed by atoms with Crippen molar-refractivity contribution in [1.29, 1.82) is 0 Å². The van der Waals surface area contributed by atoms with Gasteiger partial charge in [-0.25, -0.2) is 19.2 Å². The summed E-state index contributed by atoms with van der Waals surface area (Å²) in [6, 6.07) is 5.39. The zero-order valence-corrected chi connectivity index (χ0v) is 12.2. The zero-order chi connectivity index (χ0) is 15.1. The molecule has 4 nitrogen and oxygen atoms in total. The van der Waals surface area contributed by atoms with Crippen molar-refractivity contribution in [1.82, 2.24) is 9.97 Å². The average molecular weight is 302 g/mol. The van der Waals surface area contributed by atoms with Crippen LogP contribution in [0.2, 0.25) is 0 Å². The van der Waals surface area contributed by atoms with E-state index in [0.29, 0.717) is 16.9 Å². The third kappa shape index (κ3) is 2.38. The number of nitrogens with zero attached hydrogens (tertiary/aromatic N) is 2. The molecule has 21 heavy (non-hydrogen) atoms. The van der Waals surface area contributed by atoms with Crippen LogP contribution in [0.4, 0.5) is 4.39 Å². The predicted octanol–water partition coefficient (Wildman–Crippen LogP) is 3.81. The van der Waals surface area contributed by atoms with Crippen LogP contribution in [0.25, 0.3) is 22.3 Å². The smallest absolute Gasteiger partial charge is 0.336 e. The fourth-order valence-corrected chi connectivity index (χ4v) is 3.09. The molecule has 6 heteroatoms. The Morgan fingerprint density at radius 2 is 2.00 bits per heavy atom. The molecule has 0 bridgehead atoms. The molecular weight excluding hydrogens is 291 g/mol. The molecule has 1 N–H and O–H groups in total. The fourth-order valence-electron chi connectivity index (χ4n) is 2.26. The SMILES string of the molecule is Cc1nc(-c2cc(C(=O)O)c3cc(F)ccc3n2)c(C)s1. The van der Waals surface area contributed by atoms with Crippen molar-refractivity contribution in [3.63, 3.8) is 0 Å². The second-order valence-electron chi connectivity index (χ2n) is 4.66. The number of hydrogen-bond donors (Lipinski definition) is 1. The summed E-state index contributed by atoms with van der Waals surface area (Å²) in [6.45, 7) is 3.80. The van der Waals surface area contributed by atoms with Crippen molar-refractivity contribution in [3.8, 4) is 11.4 Å². The normalized spacial score (nSPS) is 11.0. The summed E-state index contributed by atoms with van der Waals surface area (Å²) in [5.74, 6) is -1.60. The number of pyridine rings is 1. The second kappa shape index (κ2) is 4.89. The molecule has 0 saturated heterocycles. The summed E-state index contributed by atoms with van der Waals surface area (Å²) in [5.41, 5.74) is 1.63. The first-order valence-electron chi connectivity index (χ1n) is 6.23. The van der Waals surface area contributed by atoms with Gasteiger partial charge in [-0.1, -0.05) is 0 Å². The van der Waals surface area contributed by atoms with Crippen LogP contribution in [0.5, 0.6) is 0 Å².